The molecule has 1 nitrogen and oxygen atoms in total. The number of phenols is 1. The summed E-state index contributed by atoms with van der Waals surface area (Å²) in [5, 5.41) is 11.5. The van der Waals surface area contributed by atoms with Crippen LogP contribution < -0.4 is 0 Å². The molecule has 0 bridgehead atoms. The molecule has 0 aromatic heterocycles. The Kier molecular flexibility index (Phi) is 8.60. The maximum absolute atomic E-state index is 10.2. The van der Waals surface area contributed by atoms with Gasteiger partial charge in [-0.25, -0.2) is 0 Å². The van der Waals surface area contributed by atoms with Crippen LogP contribution in [-0.4, -0.2) is 18.6 Å². The molecule has 0 saturated heterocycles. The second-order valence-corrected chi connectivity index (χ2v) is 15.5. The molecule has 1 aromatic carbocycles. The van der Waals surface area contributed by atoms with Gasteiger partial charge < -0.3 is 5.11 Å². The lowest BCUT2D eigenvalue weighted by molar-refractivity contribution is 0.465. The van der Waals surface area contributed by atoms with Crippen molar-refractivity contribution in [2.75, 3.05) is 5.38 Å². The molecule has 0 amide bonds. The van der Waals surface area contributed by atoms with Gasteiger partial charge in [-0.05, 0) is 66.7 Å². The first-order chi connectivity index (χ1) is 11.5. The van der Waals surface area contributed by atoms with E-state index < -0.39 is 8.07 Å². The van der Waals surface area contributed by atoms with Gasteiger partial charge >= 0.3 is 0 Å². The van der Waals surface area contributed by atoms with Gasteiger partial charge in [-0.1, -0.05) is 59.7 Å². The van der Waals surface area contributed by atoms with E-state index in [9.17, 15) is 5.11 Å². The highest BCUT2D eigenvalue weighted by atomic mass is 32.2. The molecule has 1 N–H and O–H groups in total. The maximum Gasteiger partial charge on any atom is 0.121 e. The summed E-state index contributed by atoms with van der Waals surface area (Å²) in [4.78, 5) is 1.38. The average Bonchev–Trinajstić information content (AvgIpc) is 2.45. The lowest BCUT2D eigenvalue weighted by atomic mass is 10.1. The fourth-order valence-electron chi connectivity index (χ4n) is 4.44. The Morgan fingerprint density at radius 2 is 1.28 bits per heavy atom. The molecule has 1 aromatic rings. The zero-order valence-corrected chi connectivity index (χ0v) is 19.8. The molecule has 0 fully saturated rings. The number of hydrogen-bond acceptors (Lipinski definition) is 2. The lowest BCUT2D eigenvalue weighted by Gasteiger charge is -2.36. The Morgan fingerprint density at radius 3 is 1.68 bits per heavy atom. The van der Waals surface area contributed by atoms with Gasteiger partial charge in [0.2, 0.25) is 0 Å². The summed E-state index contributed by atoms with van der Waals surface area (Å²) in [6.07, 6.45) is 0. The van der Waals surface area contributed by atoms with Crippen molar-refractivity contribution in [2.24, 2.45) is 17.8 Å². The molecule has 0 aliphatic carbocycles. The smallest absolute Gasteiger partial charge is 0.121 e. The van der Waals surface area contributed by atoms with E-state index in [0.717, 1.165) is 28.9 Å². The first-order valence-corrected chi connectivity index (χ1v) is 13.7. The number of phenolic OH excluding ortho intramolecular Hbond substituents is 1. The van der Waals surface area contributed by atoms with Crippen molar-refractivity contribution in [1.82, 2.24) is 0 Å². The number of hydrogen-bond donors (Lipinski definition) is 1. The van der Waals surface area contributed by atoms with Crippen LogP contribution >= 0.6 is 11.8 Å². The number of aromatic hydroxyl groups is 1. The summed E-state index contributed by atoms with van der Waals surface area (Å²) < 4.78 is 0. The summed E-state index contributed by atoms with van der Waals surface area (Å²) in [6.45, 7) is 20.6. The molecule has 0 unspecified atom stereocenters. The Hall–Kier alpha value is -0.413. The Morgan fingerprint density at radius 1 is 0.840 bits per heavy atom. The highest BCUT2D eigenvalue weighted by molar-refractivity contribution is 8.01. The fourth-order valence-corrected chi connectivity index (χ4v) is 14.0. The second-order valence-electron chi connectivity index (χ2n) is 9.37. The van der Waals surface area contributed by atoms with E-state index in [1.165, 1.54) is 34.0 Å². The topological polar surface area (TPSA) is 20.2 Å². The monoisotopic (exact) mass is 380 g/mol. The second kappa shape index (κ2) is 9.50. The molecule has 0 radical (unpaired) electrons. The van der Waals surface area contributed by atoms with Crippen molar-refractivity contribution in [3.63, 3.8) is 0 Å². The van der Waals surface area contributed by atoms with Crippen molar-refractivity contribution in [3.05, 3.63) is 22.8 Å². The normalized spacial score (nSPS) is 12.6. The van der Waals surface area contributed by atoms with Crippen LogP contribution in [0.5, 0.6) is 5.75 Å². The van der Waals surface area contributed by atoms with Crippen LogP contribution in [-0.2, 0) is 0 Å². The molecule has 0 saturated carbocycles. The van der Waals surface area contributed by atoms with Crippen molar-refractivity contribution >= 4 is 19.8 Å². The fraction of sp³-hybridized carbons (Fsp3) is 0.727. The third kappa shape index (κ3) is 6.67. The van der Waals surface area contributed by atoms with E-state index in [2.05, 4.69) is 66.3 Å². The van der Waals surface area contributed by atoms with E-state index >= 15 is 0 Å². The van der Waals surface area contributed by atoms with Gasteiger partial charge in [0.1, 0.15) is 5.75 Å². The van der Waals surface area contributed by atoms with Crippen molar-refractivity contribution < 1.29 is 5.11 Å². The number of benzene rings is 1. The quantitative estimate of drug-likeness (QED) is 0.356. The minimum absolute atomic E-state index is 0.469. The molecular weight excluding hydrogens is 340 g/mol. The molecule has 0 heterocycles. The first-order valence-electron chi connectivity index (χ1n) is 9.90. The van der Waals surface area contributed by atoms with Gasteiger partial charge in [0, 0.05) is 4.90 Å². The van der Waals surface area contributed by atoms with Crippen molar-refractivity contribution in [3.8, 4) is 5.75 Å². The maximum atomic E-state index is 10.2. The molecule has 0 atom stereocenters. The van der Waals surface area contributed by atoms with Crippen LogP contribution in [0.1, 0.15) is 58.2 Å². The van der Waals surface area contributed by atoms with Crippen LogP contribution in [0.3, 0.4) is 0 Å². The van der Waals surface area contributed by atoms with Gasteiger partial charge in [0.25, 0.3) is 0 Å². The largest absolute Gasteiger partial charge is 0.507 e. The van der Waals surface area contributed by atoms with E-state index in [4.69, 9.17) is 0 Å². The summed E-state index contributed by atoms with van der Waals surface area (Å²) in [5.74, 6) is 2.83. The molecule has 3 heteroatoms. The van der Waals surface area contributed by atoms with Crippen LogP contribution in [0, 0.1) is 38.5 Å². The summed E-state index contributed by atoms with van der Waals surface area (Å²) >= 11 is 2.07. The molecular formula is C22H40OSSi. The Balaban J connectivity index is 3.12. The Labute approximate surface area is 162 Å². The summed E-state index contributed by atoms with van der Waals surface area (Å²) in [5.41, 5.74) is 3.32. The molecule has 25 heavy (non-hydrogen) atoms. The van der Waals surface area contributed by atoms with Gasteiger partial charge in [0.15, 0.2) is 0 Å². The first kappa shape index (κ1) is 22.6. The van der Waals surface area contributed by atoms with Gasteiger partial charge in [-0.15, -0.1) is 11.8 Å². The summed E-state index contributed by atoms with van der Waals surface area (Å²) in [7, 11) is -1.34. The van der Waals surface area contributed by atoms with Gasteiger partial charge in [-0.2, -0.15) is 0 Å². The molecule has 0 aliphatic heterocycles. The SMILES string of the molecule is Cc1cc(SC[Si](CC(C)C)(CC(C)C)CC(C)C)c(C)c(C)c1O. The van der Waals surface area contributed by atoms with E-state index in [1.54, 1.807) is 0 Å². The van der Waals surface area contributed by atoms with Crippen LogP contribution in [0.25, 0.3) is 0 Å². The predicted molar refractivity (Wildman–Crippen MR) is 118 cm³/mol. The number of thioether (sulfide) groups is 1. The standard InChI is InChI=1S/C22H40OSSi/c1-15(2)11-25(12-16(3)4,13-17(5)6)14-24-21-10-18(7)22(23)20(9)19(21)8/h10,15-17,23H,11-14H2,1-9H3. The van der Waals surface area contributed by atoms with Gasteiger partial charge in [-0.3, -0.25) is 0 Å². The van der Waals surface area contributed by atoms with Crippen molar-refractivity contribution in [1.29, 1.82) is 0 Å². The number of aryl methyl sites for hydroxylation is 1. The van der Waals surface area contributed by atoms with Crippen LogP contribution in [0.2, 0.25) is 18.1 Å². The van der Waals surface area contributed by atoms with E-state index in [-0.39, 0.29) is 0 Å². The zero-order chi connectivity index (χ0) is 19.4. The highest BCUT2D eigenvalue weighted by Gasteiger charge is 2.35. The minimum atomic E-state index is -1.34. The van der Waals surface area contributed by atoms with Crippen molar-refractivity contribution in [2.45, 2.75) is 85.3 Å². The van der Waals surface area contributed by atoms with Crippen LogP contribution in [0.4, 0.5) is 0 Å². The molecule has 1 rings (SSSR count). The third-order valence-electron chi connectivity index (χ3n) is 5.07. The zero-order valence-electron chi connectivity index (χ0n) is 18.0. The van der Waals surface area contributed by atoms with E-state index in [1.807, 2.05) is 13.8 Å². The molecule has 0 spiro atoms. The average molecular weight is 381 g/mol. The highest BCUT2D eigenvalue weighted by Crippen LogP contribution is 2.39. The minimum Gasteiger partial charge on any atom is -0.507 e. The predicted octanol–water partition coefficient (Wildman–Crippen LogP) is 7.37. The van der Waals surface area contributed by atoms with E-state index in [0.29, 0.717) is 5.75 Å². The van der Waals surface area contributed by atoms with Crippen LogP contribution in [0.15, 0.2) is 11.0 Å². The molecule has 0 aliphatic rings. The van der Waals surface area contributed by atoms with Gasteiger partial charge in [0.05, 0.1) is 8.07 Å². The lowest BCUT2D eigenvalue weighted by Crippen LogP contribution is -2.41. The summed E-state index contributed by atoms with van der Waals surface area (Å²) in [6, 6.07) is 6.50. The molecule has 144 valence electrons. The number of rotatable bonds is 9. The Bertz CT molecular complexity index is 537. The third-order valence-corrected chi connectivity index (χ3v) is 13.9.